The molecule has 1 amide bonds. The van der Waals surface area contributed by atoms with Crippen LogP contribution in [0.4, 0.5) is 13.2 Å². The topological polar surface area (TPSA) is 62.1 Å². The third kappa shape index (κ3) is 3.80. The number of alkyl halides is 3. The van der Waals surface area contributed by atoms with Gasteiger partial charge in [-0.2, -0.15) is 23.3 Å². The van der Waals surface area contributed by atoms with Crippen LogP contribution >= 0.6 is 0 Å². The van der Waals surface area contributed by atoms with E-state index in [1.54, 1.807) is 61.5 Å². The number of hydrazone groups is 1. The number of carbonyl (C=O) groups is 1. The predicted molar refractivity (Wildman–Crippen MR) is 92.1 cm³/mol. The number of aliphatic hydroxyl groups is 1. The van der Waals surface area contributed by atoms with E-state index in [0.29, 0.717) is 11.3 Å². The zero-order valence-corrected chi connectivity index (χ0v) is 14.4. The summed E-state index contributed by atoms with van der Waals surface area (Å²) < 4.78 is 45.8. The number of halogens is 3. The van der Waals surface area contributed by atoms with E-state index in [0.717, 1.165) is 5.56 Å². The number of hydrogen-bond acceptors (Lipinski definition) is 4. The molecule has 2 aromatic carbocycles. The average molecular weight is 378 g/mol. The molecule has 1 aliphatic heterocycles. The van der Waals surface area contributed by atoms with Gasteiger partial charge in [-0.3, -0.25) is 4.79 Å². The number of aryl methyl sites for hydroxylation is 1. The summed E-state index contributed by atoms with van der Waals surface area (Å²) in [6.07, 6.45) is -5.93. The molecule has 0 spiro atoms. The quantitative estimate of drug-likeness (QED) is 0.888. The van der Waals surface area contributed by atoms with Crippen LogP contribution in [0.3, 0.4) is 0 Å². The van der Waals surface area contributed by atoms with Gasteiger partial charge in [0.1, 0.15) is 5.75 Å². The minimum Gasteiger partial charge on any atom is -0.484 e. The van der Waals surface area contributed by atoms with E-state index in [9.17, 15) is 23.1 Å². The Hall–Kier alpha value is -2.87. The first kappa shape index (κ1) is 18.9. The summed E-state index contributed by atoms with van der Waals surface area (Å²) in [5.41, 5.74) is -2.20. The third-order valence-corrected chi connectivity index (χ3v) is 4.13. The minimum atomic E-state index is -5.08. The molecule has 8 heteroatoms. The molecule has 0 saturated carbocycles. The van der Waals surface area contributed by atoms with Crippen LogP contribution in [0.15, 0.2) is 59.7 Å². The highest BCUT2D eigenvalue weighted by molar-refractivity contribution is 6.03. The maximum absolute atomic E-state index is 13.5. The molecule has 0 aliphatic carbocycles. The third-order valence-electron chi connectivity index (χ3n) is 4.13. The molecule has 2 aromatic rings. The van der Waals surface area contributed by atoms with Crippen molar-refractivity contribution in [2.45, 2.75) is 25.2 Å². The van der Waals surface area contributed by atoms with E-state index in [4.69, 9.17) is 4.74 Å². The van der Waals surface area contributed by atoms with E-state index < -0.39 is 30.8 Å². The number of carbonyl (C=O) groups excluding carboxylic acids is 1. The summed E-state index contributed by atoms with van der Waals surface area (Å²) in [5, 5.41) is 14.1. The highest BCUT2D eigenvalue weighted by atomic mass is 19.4. The monoisotopic (exact) mass is 378 g/mol. The lowest BCUT2D eigenvalue weighted by Gasteiger charge is -2.32. The van der Waals surface area contributed by atoms with Crippen molar-refractivity contribution in [1.29, 1.82) is 0 Å². The number of amides is 1. The van der Waals surface area contributed by atoms with Crippen LogP contribution in [0.1, 0.15) is 17.5 Å². The van der Waals surface area contributed by atoms with Crippen LogP contribution in [-0.4, -0.2) is 40.2 Å². The zero-order chi connectivity index (χ0) is 19.7. The van der Waals surface area contributed by atoms with Gasteiger partial charge < -0.3 is 9.84 Å². The maximum Gasteiger partial charge on any atom is 0.438 e. The first-order valence-electron chi connectivity index (χ1n) is 8.15. The summed E-state index contributed by atoms with van der Waals surface area (Å²) in [4.78, 5) is 12.4. The van der Waals surface area contributed by atoms with Gasteiger partial charge in [0, 0.05) is 0 Å². The van der Waals surface area contributed by atoms with Gasteiger partial charge >= 0.3 is 6.18 Å². The molecule has 1 heterocycles. The second-order valence-electron chi connectivity index (χ2n) is 6.21. The molecule has 0 saturated heterocycles. The smallest absolute Gasteiger partial charge is 0.438 e. The average Bonchev–Trinajstić information content (AvgIpc) is 3.00. The van der Waals surface area contributed by atoms with Gasteiger partial charge in [-0.1, -0.05) is 48.0 Å². The Kier molecular flexibility index (Phi) is 4.93. The molecule has 0 radical (unpaired) electrons. The lowest BCUT2D eigenvalue weighted by Crippen LogP contribution is -2.57. The Morgan fingerprint density at radius 2 is 1.93 bits per heavy atom. The van der Waals surface area contributed by atoms with Crippen molar-refractivity contribution in [3.05, 3.63) is 65.7 Å². The van der Waals surface area contributed by atoms with Crippen LogP contribution < -0.4 is 4.74 Å². The molecule has 27 heavy (non-hydrogen) atoms. The number of ether oxygens (including phenoxy) is 1. The summed E-state index contributed by atoms with van der Waals surface area (Å²) in [6.45, 7) is 1.10. The molecule has 1 unspecified atom stereocenters. The van der Waals surface area contributed by atoms with E-state index in [1.165, 1.54) is 0 Å². The molecule has 0 aromatic heterocycles. The van der Waals surface area contributed by atoms with Crippen molar-refractivity contribution in [2.75, 3.05) is 6.61 Å². The summed E-state index contributed by atoms with van der Waals surface area (Å²) in [7, 11) is 0. The minimum absolute atomic E-state index is 0.0217. The number of hydrogen-bond donors (Lipinski definition) is 1. The van der Waals surface area contributed by atoms with Gasteiger partial charge in [0.05, 0.1) is 12.1 Å². The second kappa shape index (κ2) is 7.03. The van der Waals surface area contributed by atoms with Gasteiger partial charge in [-0.25, -0.2) is 0 Å². The van der Waals surface area contributed by atoms with E-state index in [1.807, 2.05) is 0 Å². The molecule has 0 bridgehead atoms. The molecule has 1 atom stereocenters. The van der Waals surface area contributed by atoms with Crippen LogP contribution in [-0.2, 0) is 4.79 Å². The van der Waals surface area contributed by atoms with Crippen LogP contribution in [0.25, 0.3) is 0 Å². The molecule has 3 rings (SSSR count). The molecular formula is C19H17F3N2O3. The Morgan fingerprint density at radius 1 is 1.22 bits per heavy atom. The Balaban J connectivity index is 1.87. The SMILES string of the molecule is Cc1cccc(C2=NN(C(=O)COc3ccccc3)C(O)(C(F)(F)F)C2)c1. The van der Waals surface area contributed by atoms with Crippen molar-refractivity contribution in [3.8, 4) is 5.75 Å². The number of benzene rings is 2. The summed E-state index contributed by atoms with van der Waals surface area (Å²) in [6, 6.07) is 14.9. The number of rotatable bonds is 4. The van der Waals surface area contributed by atoms with E-state index in [-0.39, 0.29) is 10.7 Å². The highest BCUT2D eigenvalue weighted by Crippen LogP contribution is 2.41. The standard InChI is InChI=1S/C19H17F3N2O3/c1-13-6-5-7-14(10-13)16-11-18(26,19(20,21)22)24(23-16)17(25)12-27-15-8-3-2-4-9-15/h2-10,26H,11-12H2,1H3. The van der Waals surface area contributed by atoms with Crippen molar-refractivity contribution in [3.63, 3.8) is 0 Å². The second-order valence-corrected chi connectivity index (χ2v) is 6.21. The first-order valence-corrected chi connectivity index (χ1v) is 8.15. The molecule has 1 aliphatic rings. The molecule has 5 nitrogen and oxygen atoms in total. The zero-order valence-electron chi connectivity index (χ0n) is 14.4. The Bertz CT molecular complexity index is 868. The summed E-state index contributed by atoms with van der Waals surface area (Å²) in [5.74, 6) is -0.773. The van der Waals surface area contributed by atoms with E-state index >= 15 is 0 Å². The fourth-order valence-corrected chi connectivity index (χ4v) is 2.74. The van der Waals surface area contributed by atoms with Crippen molar-refractivity contribution >= 4 is 11.6 Å². The Morgan fingerprint density at radius 3 is 2.56 bits per heavy atom. The van der Waals surface area contributed by atoms with Crippen molar-refractivity contribution in [1.82, 2.24) is 5.01 Å². The maximum atomic E-state index is 13.5. The number of nitrogens with zero attached hydrogens (tertiary/aromatic N) is 2. The van der Waals surface area contributed by atoms with Gasteiger partial charge in [0.25, 0.3) is 11.6 Å². The van der Waals surface area contributed by atoms with E-state index in [2.05, 4.69) is 5.10 Å². The van der Waals surface area contributed by atoms with Gasteiger partial charge in [0.2, 0.25) is 0 Å². The molecule has 0 fully saturated rings. The van der Waals surface area contributed by atoms with Crippen molar-refractivity contribution < 1.29 is 27.8 Å². The Labute approximate surface area is 153 Å². The van der Waals surface area contributed by atoms with Gasteiger partial charge in [-0.15, -0.1) is 0 Å². The van der Waals surface area contributed by atoms with Gasteiger partial charge in [-0.05, 0) is 24.6 Å². The van der Waals surface area contributed by atoms with Crippen LogP contribution in [0, 0.1) is 6.92 Å². The molecular weight excluding hydrogens is 361 g/mol. The lowest BCUT2D eigenvalue weighted by molar-refractivity contribution is -0.302. The highest BCUT2D eigenvalue weighted by Gasteiger charge is 2.63. The normalized spacial score (nSPS) is 19.7. The first-order chi connectivity index (χ1) is 12.7. The predicted octanol–water partition coefficient (Wildman–Crippen LogP) is 3.26. The molecule has 1 N–H and O–H groups in total. The van der Waals surface area contributed by atoms with Crippen LogP contribution in [0.5, 0.6) is 5.75 Å². The largest absolute Gasteiger partial charge is 0.484 e. The summed E-state index contributed by atoms with van der Waals surface area (Å²) >= 11 is 0. The van der Waals surface area contributed by atoms with Crippen LogP contribution in [0.2, 0.25) is 0 Å². The lowest BCUT2D eigenvalue weighted by atomic mass is 9.99. The fraction of sp³-hybridized carbons (Fsp3) is 0.263. The molecule has 142 valence electrons. The van der Waals surface area contributed by atoms with Gasteiger partial charge in [0.15, 0.2) is 6.61 Å². The fourth-order valence-electron chi connectivity index (χ4n) is 2.74. The number of para-hydroxylation sites is 1. The van der Waals surface area contributed by atoms with Crippen molar-refractivity contribution in [2.24, 2.45) is 5.10 Å².